The first-order valence-electron chi connectivity index (χ1n) is 4.82. The lowest BCUT2D eigenvalue weighted by molar-refractivity contribution is 0.143. The van der Waals surface area contributed by atoms with Gasteiger partial charge in [-0.25, -0.2) is 4.68 Å². The van der Waals surface area contributed by atoms with Gasteiger partial charge >= 0.3 is 0 Å². The number of fused-ring (bicyclic) bond motifs is 1. The minimum atomic E-state index is -0.697. The van der Waals surface area contributed by atoms with Crippen molar-refractivity contribution < 1.29 is 9.84 Å². The summed E-state index contributed by atoms with van der Waals surface area (Å²) in [6, 6.07) is -0.311. The van der Waals surface area contributed by atoms with E-state index < -0.39 is 6.10 Å². The third kappa shape index (κ3) is 1.49. The Labute approximate surface area is 82.5 Å². The third-order valence-corrected chi connectivity index (χ3v) is 2.39. The maximum absolute atomic E-state index is 9.78. The summed E-state index contributed by atoms with van der Waals surface area (Å²) in [6.45, 7) is 3.29. The van der Waals surface area contributed by atoms with E-state index in [1.165, 1.54) is 0 Å². The molecule has 0 saturated carbocycles. The smallest absolute Gasteiger partial charge is 0.217 e. The maximum atomic E-state index is 9.78. The van der Waals surface area contributed by atoms with Gasteiger partial charge in [0, 0.05) is 19.0 Å². The normalized spacial score (nSPS) is 19.6. The summed E-state index contributed by atoms with van der Waals surface area (Å²) in [5.74, 6) is 0.668. The van der Waals surface area contributed by atoms with Crippen molar-refractivity contribution in [1.82, 2.24) is 9.78 Å². The minimum Gasteiger partial charge on any atom is -0.477 e. The zero-order valence-electron chi connectivity index (χ0n) is 8.18. The van der Waals surface area contributed by atoms with Crippen LogP contribution in [0.2, 0.25) is 0 Å². The fourth-order valence-corrected chi connectivity index (χ4v) is 1.57. The van der Waals surface area contributed by atoms with Gasteiger partial charge in [-0.1, -0.05) is 0 Å². The Kier molecular flexibility index (Phi) is 2.43. The van der Waals surface area contributed by atoms with Crippen LogP contribution in [-0.4, -0.2) is 27.5 Å². The van der Waals surface area contributed by atoms with Crippen LogP contribution in [0.25, 0.3) is 0 Å². The number of hydrogen-bond acceptors (Lipinski definition) is 4. The van der Waals surface area contributed by atoms with E-state index in [1.807, 2.05) is 0 Å². The molecule has 3 N–H and O–H groups in total. The molecule has 78 valence electrons. The first-order valence-corrected chi connectivity index (χ1v) is 4.82. The van der Waals surface area contributed by atoms with Crippen LogP contribution >= 0.6 is 0 Å². The molecular formula is C9H15N3O2. The standard InChI is InChI=1S/C9H15N3O2/c1-6(10)8(13)7-5-11-12-3-2-4-14-9(7)12/h5-6,8,13H,2-4,10H2,1H3. The molecule has 1 aliphatic heterocycles. The highest BCUT2D eigenvalue weighted by atomic mass is 16.5. The molecule has 0 aliphatic carbocycles. The van der Waals surface area contributed by atoms with Gasteiger partial charge in [0.05, 0.1) is 18.4 Å². The van der Waals surface area contributed by atoms with Crippen LogP contribution in [0, 0.1) is 0 Å². The molecule has 1 aromatic rings. The second-order valence-corrected chi connectivity index (χ2v) is 3.63. The summed E-state index contributed by atoms with van der Waals surface area (Å²) in [4.78, 5) is 0. The van der Waals surface area contributed by atoms with Gasteiger partial charge in [0.2, 0.25) is 5.88 Å². The van der Waals surface area contributed by atoms with E-state index in [4.69, 9.17) is 10.5 Å². The molecule has 1 aliphatic rings. The summed E-state index contributed by atoms with van der Waals surface area (Å²) in [5, 5.41) is 13.9. The number of nitrogens with zero attached hydrogens (tertiary/aromatic N) is 2. The topological polar surface area (TPSA) is 73.3 Å². The Morgan fingerprint density at radius 3 is 3.21 bits per heavy atom. The van der Waals surface area contributed by atoms with Crippen molar-refractivity contribution in [3.8, 4) is 5.88 Å². The van der Waals surface area contributed by atoms with Crippen molar-refractivity contribution in [3.05, 3.63) is 11.8 Å². The molecule has 0 saturated heterocycles. The van der Waals surface area contributed by atoms with Crippen LogP contribution in [-0.2, 0) is 6.54 Å². The van der Waals surface area contributed by atoms with Crippen LogP contribution in [0.1, 0.15) is 25.0 Å². The quantitative estimate of drug-likeness (QED) is 0.702. The number of nitrogens with two attached hydrogens (primary N) is 1. The summed E-state index contributed by atoms with van der Waals surface area (Å²) in [5.41, 5.74) is 6.31. The zero-order chi connectivity index (χ0) is 10.1. The molecule has 2 unspecified atom stereocenters. The number of aliphatic hydroxyl groups excluding tert-OH is 1. The largest absolute Gasteiger partial charge is 0.477 e. The zero-order valence-corrected chi connectivity index (χ0v) is 8.18. The molecule has 0 aromatic carbocycles. The van der Waals surface area contributed by atoms with E-state index in [9.17, 15) is 5.11 Å². The van der Waals surface area contributed by atoms with Gasteiger partial charge < -0.3 is 15.6 Å². The highest BCUT2D eigenvalue weighted by molar-refractivity contribution is 5.28. The highest BCUT2D eigenvalue weighted by Crippen LogP contribution is 2.28. The van der Waals surface area contributed by atoms with Gasteiger partial charge in [-0.2, -0.15) is 5.10 Å². The number of hydrogen-bond donors (Lipinski definition) is 2. The van der Waals surface area contributed by atoms with Crippen molar-refractivity contribution >= 4 is 0 Å². The fourth-order valence-electron chi connectivity index (χ4n) is 1.57. The number of aryl methyl sites for hydroxylation is 1. The van der Waals surface area contributed by atoms with Gasteiger partial charge in [0.15, 0.2) is 0 Å². The van der Waals surface area contributed by atoms with Gasteiger partial charge in [0.1, 0.15) is 6.10 Å². The van der Waals surface area contributed by atoms with Crippen molar-refractivity contribution in [3.63, 3.8) is 0 Å². The summed E-state index contributed by atoms with van der Waals surface area (Å²) in [7, 11) is 0. The fraction of sp³-hybridized carbons (Fsp3) is 0.667. The Morgan fingerprint density at radius 1 is 1.71 bits per heavy atom. The summed E-state index contributed by atoms with van der Waals surface area (Å²) >= 11 is 0. The van der Waals surface area contributed by atoms with Crippen LogP contribution in [0.15, 0.2) is 6.20 Å². The van der Waals surface area contributed by atoms with E-state index in [0.29, 0.717) is 18.1 Å². The molecule has 5 nitrogen and oxygen atoms in total. The SMILES string of the molecule is CC(N)C(O)c1cnn2c1OCCC2. The van der Waals surface area contributed by atoms with Gasteiger partial charge in [-0.05, 0) is 6.92 Å². The van der Waals surface area contributed by atoms with Crippen LogP contribution in [0.3, 0.4) is 0 Å². The first kappa shape index (κ1) is 9.48. The molecule has 2 rings (SSSR count). The molecule has 1 aromatic heterocycles. The summed E-state index contributed by atoms with van der Waals surface area (Å²) in [6.07, 6.45) is 1.90. The third-order valence-electron chi connectivity index (χ3n) is 2.39. The number of aliphatic hydroxyl groups is 1. The highest BCUT2D eigenvalue weighted by Gasteiger charge is 2.23. The minimum absolute atomic E-state index is 0.311. The lowest BCUT2D eigenvalue weighted by Gasteiger charge is -2.19. The first-order chi connectivity index (χ1) is 6.70. The molecule has 2 atom stereocenters. The van der Waals surface area contributed by atoms with Crippen LogP contribution in [0.5, 0.6) is 5.88 Å². The average molecular weight is 197 g/mol. The van der Waals surface area contributed by atoms with Crippen molar-refractivity contribution in [2.45, 2.75) is 32.0 Å². The van der Waals surface area contributed by atoms with Crippen molar-refractivity contribution in [2.75, 3.05) is 6.61 Å². The second-order valence-electron chi connectivity index (χ2n) is 3.63. The number of aromatic nitrogens is 2. The predicted octanol–water partition coefficient (Wildman–Crippen LogP) is 0.0462. The Balaban J connectivity index is 2.30. The molecule has 0 fully saturated rings. The van der Waals surface area contributed by atoms with Gasteiger partial charge in [-0.15, -0.1) is 0 Å². The Bertz CT molecular complexity index is 322. The van der Waals surface area contributed by atoms with E-state index in [1.54, 1.807) is 17.8 Å². The lowest BCUT2D eigenvalue weighted by atomic mass is 10.1. The van der Waals surface area contributed by atoms with E-state index in [-0.39, 0.29) is 6.04 Å². The lowest BCUT2D eigenvalue weighted by Crippen LogP contribution is -2.25. The maximum Gasteiger partial charge on any atom is 0.217 e. The molecular weight excluding hydrogens is 182 g/mol. The number of ether oxygens (including phenoxy) is 1. The molecule has 0 amide bonds. The second kappa shape index (κ2) is 3.59. The molecule has 0 radical (unpaired) electrons. The Hall–Kier alpha value is -1.07. The van der Waals surface area contributed by atoms with Crippen molar-refractivity contribution in [2.24, 2.45) is 5.73 Å². The monoisotopic (exact) mass is 197 g/mol. The number of rotatable bonds is 2. The molecule has 14 heavy (non-hydrogen) atoms. The molecule has 5 heteroatoms. The van der Waals surface area contributed by atoms with Gasteiger partial charge in [0.25, 0.3) is 0 Å². The van der Waals surface area contributed by atoms with Crippen molar-refractivity contribution in [1.29, 1.82) is 0 Å². The Morgan fingerprint density at radius 2 is 2.50 bits per heavy atom. The predicted molar refractivity (Wildman–Crippen MR) is 50.9 cm³/mol. The van der Waals surface area contributed by atoms with Gasteiger partial charge in [-0.3, -0.25) is 0 Å². The average Bonchev–Trinajstić information content (AvgIpc) is 2.60. The molecule has 0 spiro atoms. The molecule has 0 bridgehead atoms. The van der Waals surface area contributed by atoms with Crippen LogP contribution < -0.4 is 10.5 Å². The van der Waals surface area contributed by atoms with E-state index in [0.717, 1.165) is 13.0 Å². The van der Waals surface area contributed by atoms with Crippen LogP contribution in [0.4, 0.5) is 0 Å². The van der Waals surface area contributed by atoms with E-state index in [2.05, 4.69) is 5.10 Å². The summed E-state index contributed by atoms with van der Waals surface area (Å²) < 4.78 is 7.22. The van der Waals surface area contributed by atoms with E-state index >= 15 is 0 Å². The molecule has 2 heterocycles.